The molecule has 3 aromatic heterocycles. The van der Waals surface area contributed by atoms with Gasteiger partial charge in [-0.25, -0.2) is 9.78 Å². The number of hydrogen-bond acceptors (Lipinski definition) is 11. The van der Waals surface area contributed by atoms with Crippen molar-refractivity contribution in [3.8, 4) is 11.4 Å². The lowest BCUT2D eigenvalue weighted by Gasteiger charge is -2.47. The second kappa shape index (κ2) is 14.0. The monoisotopic (exact) mass is 675 g/mol. The zero-order chi connectivity index (χ0) is 31.7. The molecular formula is C31H39Cl2N7O4S. The Morgan fingerprint density at radius 3 is 2.51 bits per heavy atom. The molecule has 0 spiro atoms. The number of halogens is 2. The topological polar surface area (TPSA) is 117 Å². The number of piperazine rings is 3. The van der Waals surface area contributed by atoms with E-state index in [1.54, 1.807) is 33.4 Å². The van der Waals surface area contributed by atoms with E-state index >= 15 is 0 Å². The summed E-state index contributed by atoms with van der Waals surface area (Å²) in [6.45, 7) is 10.8. The van der Waals surface area contributed by atoms with Crippen molar-refractivity contribution < 1.29 is 19.1 Å². The van der Waals surface area contributed by atoms with E-state index in [2.05, 4.69) is 24.7 Å². The summed E-state index contributed by atoms with van der Waals surface area (Å²) in [5.41, 5.74) is 2.94. The van der Waals surface area contributed by atoms with Crippen LogP contribution >= 0.6 is 34.5 Å². The second-order valence-electron chi connectivity index (χ2n) is 12.0. The molecule has 4 aliphatic rings. The number of aryl methyl sites for hydroxylation is 2. The van der Waals surface area contributed by atoms with Crippen LogP contribution in [0.1, 0.15) is 57.7 Å². The summed E-state index contributed by atoms with van der Waals surface area (Å²) in [6, 6.07) is 0.567. The summed E-state index contributed by atoms with van der Waals surface area (Å²) in [5.74, 6) is -0.545. The van der Waals surface area contributed by atoms with E-state index in [0.29, 0.717) is 63.4 Å². The molecule has 0 amide bonds. The number of esters is 1. The third-order valence-corrected chi connectivity index (χ3v) is 11.2. The number of aromatic amines is 1. The minimum Gasteiger partial charge on any atom is -0.462 e. The average molecular weight is 677 g/mol. The Morgan fingerprint density at radius 2 is 1.89 bits per heavy atom. The van der Waals surface area contributed by atoms with E-state index in [1.807, 2.05) is 0 Å². The molecule has 242 valence electrons. The lowest BCUT2D eigenvalue weighted by atomic mass is 9.88. The highest BCUT2D eigenvalue weighted by molar-refractivity contribution is 7.17. The number of nitrogens with one attached hydrogen (secondary N) is 1. The van der Waals surface area contributed by atoms with Gasteiger partial charge in [-0.3, -0.25) is 24.6 Å². The molecule has 14 heteroatoms. The molecule has 45 heavy (non-hydrogen) atoms. The van der Waals surface area contributed by atoms with Gasteiger partial charge < -0.3 is 19.4 Å². The highest BCUT2D eigenvalue weighted by atomic mass is 35.5. The number of rotatable bonds is 11. The molecule has 0 radical (unpaired) electrons. The molecule has 3 atom stereocenters. The number of ketones is 1. The number of thiazole rings is 1. The SMILES string of the molecule is CCOC(=O)c1sc(N2CC[C@@H](CC(=O)c3[nH]c(C)c(Cl)c3Cl)[C@@H](OC)C2)nc1-c1cnc(CCC2CN3CCN2CC3)cn1. The Balaban J connectivity index is 1.14. The van der Waals surface area contributed by atoms with Gasteiger partial charge in [0.05, 0.1) is 34.6 Å². The molecule has 0 aliphatic carbocycles. The number of hydrogen-bond donors (Lipinski definition) is 1. The first-order valence-electron chi connectivity index (χ1n) is 15.6. The maximum absolute atomic E-state index is 13.1. The van der Waals surface area contributed by atoms with Gasteiger partial charge in [-0.05, 0) is 39.0 Å². The lowest BCUT2D eigenvalue weighted by Crippen LogP contribution is -2.60. The van der Waals surface area contributed by atoms with Crippen LogP contribution < -0.4 is 4.90 Å². The van der Waals surface area contributed by atoms with Gasteiger partial charge in [0.2, 0.25) is 0 Å². The molecule has 7 heterocycles. The summed E-state index contributed by atoms with van der Waals surface area (Å²) >= 11 is 13.8. The van der Waals surface area contributed by atoms with Gasteiger partial charge >= 0.3 is 5.97 Å². The van der Waals surface area contributed by atoms with Gasteiger partial charge in [-0.15, -0.1) is 0 Å². The van der Waals surface area contributed by atoms with Crippen LogP contribution in [-0.4, -0.2) is 113 Å². The molecule has 11 nitrogen and oxygen atoms in total. The van der Waals surface area contributed by atoms with Crippen LogP contribution in [0, 0.1) is 12.8 Å². The smallest absolute Gasteiger partial charge is 0.350 e. The maximum Gasteiger partial charge on any atom is 0.350 e. The fraction of sp³-hybridized carbons (Fsp3) is 0.581. The largest absolute Gasteiger partial charge is 0.462 e. The fourth-order valence-electron chi connectivity index (χ4n) is 6.62. The zero-order valence-corrected chi connectivity index (χ0v) is 28.2. The van der Waals surface area contributed by atoms with Crippen molar-refractivity contribution in [1.82, 2.24) is 29.7 Å². The van der Waals surface area contributed by atoms with Crippen LogP contribution in [0.3, 0.4) is 0 Å². The van der Waals surface area contributed by atoms with Crippen LogP contribution in [0.4, 0.5) is 5.13 Å². The van der Waals surface area contributed by atoms with Gasteiger partial charge in [0.25, 0.3) is 0 Å². The molecule has 4 saturated heterocycles. The Kier molecular flexibility index (Phi) is 10.1. The number of nitrogens with zero attached hydrogens (tertiary/aromatic N) is 6. The first-order chi connectivity index (χ1) is 21.7. The molecule has 1 N–H and O–H groups in total. The number of fused-ring (bicyclic) bond motifs is 3. The number of Topliss-reactive ketones (excluding diaryl/α,β-unsaturated/α-hetero) is 1. The van der Waals surface area contributed by atoms with Gasteiger partial charge in [-0.2, -0.15) is 0 Å². The second-order valence-corrected chi connectivity index (χ2v) is 13.7. The summed E-state index contributed by atoms with van der Waals surface area (Å²) in [4.78, 5) is 51.0. The summed E-state index contributed by atoms with van der Waals surface area (Å²) in [7, 11) is 1.65. The summed E-state index contributed by atoms with van der Waals surface area (Å²) in [5, 5.41) is 1.31. The van der Waals surface area contributed by atoms with Gasteiger partial charge in [-0.1, -0.05) is 34.5 Å². The molecule has 2 bridgehead atoms. The zero-order valence-electron chi connectivity index (χ0n) is 25.9. The normalized spacial score (nSPS) is 24.6. The Bertz CT molecular complexity index is 1520. The highest BCUT2D eigenvalue weighted by Gasteiger charge is 2.35. The Hall–Kier alpha value is -2.61. The molecule has 4 aliphatic heterocycles. The van der Waals surface area contributed by atoms with Crippen molar-refractivity contribution in [2.75, 3.05) is 64.4 Å². The molecule has 4 fully saturated rings. The van der Waals surface area contributed by atoms with E-state index in [9.17, 15) is 9.59 Å². The molecular weight excluding hydrogens is 637 g/mol. The molecule has 0 aromatic carbocycles. The van der Waals surface area contributed by atoms with Gasteiger partial charge in [0.15, 0.2) is 10.9 Å². The molecule has 3 aromatic rings. The third kappa shape index (κ3) is 6.91. The van der Waals surface area contributed by atoms with E-state index in [1.165, 1.54) is 24.4 Å². The van der Waals surface area contributed by atoms with Gasteiger partial charge in [0, 0.05) is 77.3 Å². The van der Waals surface area contributed by atoms with Crippen molar-refractivity contribution in [1.29, 1.82) is 0 Å². The highest BCUT2D eigenvalue weighted by Crippen LogP contribution is 2.37. The van der Waals surface area contributed by atoms with Gasteiger partial charge in [0.1, 0.15) is 22.0 Å². The molecule has 1 unspecified atom stereocenters. The number of ether oxygens (including phenoxy) is 2. The van der Waals surface area contributed by atoms with Crippen LogP contribution in [0.25, 0.3) is 11.4 Å². The molecule has 0 saturated carbocycles. The third-order valence-electron chi connectivity index (χ3n) is 9.20. The van der Waals surface area contributed by atoms with E-state index in [-0.39, 0.29) is 35.9 Å². The number of carbonyl (C=O) groups excluding carboxylic acids is 2. The minimum atomic E-state index is -0.431. The predicted molar refractivity (Wildman–Crippen MR) is 175 cm³/mol. The number of anilines is 1. The summed E-state index contributed by atoms with van der Waals surface area (Å²) < 4.78 is 11.2. The van der Waals surface area contributed by atoms with E-state index < -0.39 is 5.97 Å². The predicted octanol–water partition coefficient (Wildman–Crippen LogP) is 4.77. The van der Waals surface area contributed by atoms with E-state index in [0.717, 1.165) is 38.2 Å². The van der Waals surface area contributed by atoms with Crippen LogP contribution in [0.5, 0.6) is 0 Å². The molecule has 7 rings (SSSR count). The first kappa shape index (κ1) is 32.3. The Morgan fingerprint density at radius 1 is 1.09 bits per heavy atom. The number of carbonyl (C=O) groups is 2. The average Bonchev–Trinajstić information content (AvgIpc) is 3.62. The van der Waals surface area contributed by atoms with Crippen molar-refractivity contribution in [2.24, 2.45) is 5.92 Å². The Labute approximate surface area is 277 Å². The van der Waals surface area contributed by atoms with E-state index in [4.69, 9.17) is 42.6 Å². The quantitative estimate of drug-likeness (QED) is 0.225. The summed E-state index contributed by atoms with van der Waals surface area (Å²) in [6.07, 6.45) is 6.17. The minimum absolute atomic E-state index is 0.0163. The van der Waals surface area contributed by atoms with Crippen molar-refractivity contribution in [3.05, 3.63) is 44.4 Å². The van der Waals surface area contributed by atoms with Crippen molar-refractivity contribution in [2.45, 2.75) is 51.7 Å². The number of H-pyrrole nitrogens is 1. The standard InChI is InChI=1S/C31H39Cl2N7O4S/c1-4-44-30(42)29-27(22-15-34-20(14-35-22)5-6-21-16-38-9-11-39(21)12-10-38)37-31(45-29)40-8-7-19(24(17-40)43-3)13-23(41)28-26(33)25(32)18(2)36-28/h14-15,19,21,24,36H,4-13,16-17H2,1-3H3/t19-,21?,24-/m0/s1. The van der Waals surface area contributed by atoms with Crippen molar-refractivity contribution in [3.63, 3.8) is 0 Å². The lowest BCUT2D eigenvalue weighted by molar-refractivity contribution is 0.00993. The number of aromatic nitrogens is 4. The van der Waals surface area contributed by atoms with Crippen LogP contribution in [-0.2, 0) is 15.9 Å². The number of piperidine rings is 1. The maximum atomic E-state index is 13.1. The number of methoxy groups -OCH3 is 1. The fourth-order valence-corrected chi connectivity index (χ4v) is 8.05. The first-order valence-corrected chi connectivity index (χ1v) is 17.1. The van der Waals surface area contributed by atoms with Crippen LogP contribution in [0.15, 0.2) is 12.4 Å². The van der Waals surface area contributed by atoms with Crippen LogP contribution in [0.2, 0.25) is 10.0 Å². The van der Waals surface area contributed by atoms with Crippen molar-refractivity contribution >= 4 is 51.4 Å².